The van der Waals surface area contributed by atoms with E-state index in [9.17, 15) is 0 Å². The van der Waals surface area contributed by atoms with E-state index in [1.165, 1.54) is 5.56 Å². The molecule has 0 aliphatic carbocycles. The summed E-state index contributed by atoms with van der Waals surface area (Å²) in [5.41, 5.74) is 1.17. The molecule has 1 fully saturated rings. The molecule has 0 saturated carbocycles. The van der Waals surface area contributed by atoms with Gasteiger partial charge in [0.2, 0.25) is 0 Å². The van der Waals surface area contributed by atoms with Crippen LogP contribution in [0.3, 0.4) is 0 Å². The lowest BCUT2D eigenvalue weighted by Gasteiger charge is -2.17. The van der Waals surface area contributed by atoms with E-state index in [0.717, 1.165) is 12.4 Å². The Balaban J connectivity index is 0.000000510. The molecule has 0 amide bonds. The van der Waals surface area contributed by atoms with Crippen LogP contribution in [0, 0.1) is 0 Å². The molecule has 2 aromatic rings. The third-order valence-electron chi connectivity index (χ3n) is 2.83. The molecule has 21 heavy (non-hydrogen) atoms. The molecule has 1 aliphatic rings. The molecule has 1 heterocycles. The first-order chi connectivity index (χ1) is 10.4. The Bertz CT molecular complexity index is 463. The summed E-state index contributed by atoms with van der Waals surface area (Å²) < 4.78 is 11.4. The summed E-state index contributed by atoms with van der Waals surface area (Å²) in [4.78, 5) is 0. The molecule has 2 atom stereocenters. The Hall–Kier alpha value is -1.80. The van der Waals surface area contributed by atoms with Crippen molar-refractivity contribution in [2.75, 3.05) is 6.61 Å². The largest absolute Gasteiger partial charge is 0.483 e. The lowest BCUT2D eigenvalue weighted by Crippen LogP contribution is -2.13. The second-order valence-corrected chi connectivity index (χ2v) is 4.13. The summed E-state index contributed by atoms with van der Waals surface area (Å²) in [7, 11) is 0. The fraction of sp³-hybridized carbons (Fsp3) is 0.368. The van der Waals surface area contributed by atoms with Crippen LogP contribution in [-0.2, 0) is 4.74 Å². The van der Waals surface area contributed by atoms with Crippen LogP contribution in [0.1, 0.15) is 39.4 Å². The minimum atomic E-state index is -0.00130. The van der Waals surface area contributed by atoms with Gasteiger partial charge in [-0.15, -0.1) is 0 Å². The zero-order valence-corrected chi connectivity index (χ0v) is 13.5. The van der Waals surface area contributed by atoms with Gasteiger partial charge >= 0.3 is 0 Å². The smallest absolute Gasteiger partial charge is 0.152 e. The topological polar surface area (TPSA) is 21.8 Å². The lowest BCUT2D eigenvalue weighted by molar-refractivity contribution is 0.161. The van der Waals surface area contributed by atoms with Crippen molar-refractivity contribution >= 4 is 0 Å². The summed E-state index contributed by atoms with van der Waals surface area (Å²) in [5.74, 6) is 0.886. The van der Waals surface area contributed by atoms with E-state index >= 15 is 0 Å². The van der Waals surface area contributed by atoms with Gasteiger partial charge in [-0.05, 0) is 17.7 Å². The Morgan fingerprint density at radius 2 is 1.33 bits per heavy atom. The molecule has 0 unspecified atom stereocenters. The van der Waals surface area contributed by atoms with Crippen molar-refractivity contribution in [2.24, 2.45) is 0 Å². The number of epoxide rings is 1. The molecule has 0 N–H and O–H groups in total. The Kier molecular flexibility index (Phi) is 8.22. The van der Waals surface area contributed by atoms with Gasteiger partial charge in [-0.25, -0.2) is 0 Å². The first-order valence-corrected chi connectivity index (χ1v) is 7.82. The van der Waals surface area contributed by atoms with Crippen molar-refractivity contribution in [1.82, 2.24) is 0 Å². The number of hydrogen-bond donors (Lipinski definition) is 0. The van der Waals surface area contributed by atoms with E-state index in [2.05, 4.69) is 12.1 Å². The van der Waals surface area contributed by atoms with Crippen molar-refractivity contribution in [1.29, 1.82) is 0 Å². The molecule has 114 valence electrons. The van der Waals surface area contributed by atoms with E-state index in [4.69, 9.17) is 9.47 Å². The number of ether oxygens (including phenoxy) is 2. The first kappa shape index (κ1) is 17.3. The Morgan fingerprint density at radius 1 is 0.857 bits per heavy atom. The number of hydrogen-bond acceptors (Lipinski definition) is 2. The second kappa shape index (κ2) is 10.0. The molecule has 2 aromatic carbocycles. The number of benzene rings is 2. The zero-order chi connectivity index (χ0) is 15.5. The fourth-order valence-electron chi connectivity index (χ4n) is 1.88. The van der Waals surface area contributed by atoms with E-state index in [-0.39, 0.29) is 12.2 Å². The molecule has 0 spiro atoms. The van der Waals surface area contributed by atoms with Crippen molar-refractivity contribution < 1.29 is 9.47 Å². The molecule has 2 nitrogen and oxygen atoms in total. The van der Waals surface area contributed by atoms with E-state index < -0.39 is 0 Å². The molecule has 0 bridgehead atoms. The highest BCUT2D eigenvalue weighted by Crippen LogP contribution is 2.32. The Labute approximate surface area is 128 Å². The summed E-state index contributed by atoms with van der Waals surface area (Å²) in [5, 5.41) is 0. The van der Waals surface area contributed by atoms with Crippen LogP contribution < -0.4 is 4.74 Å². The third kappa shape index (κ3) is 5.60. The molecule has 1 saturated heterocycles. The van der Waals surface area contributed by atoms with E-state index in [0.29, 0.717) is 0 Å². The van der Waals surface area contributed by atoms with Gasteiger partial charge in [0.05, 0.1) is 6.61 Å². The normalized spacial score (nSPS) is 16.5. The molecular formula is C19H26O2. The Morgan fingerprint density at radius 3 is 1.81 bits per heavy atom. The monoisotopic (exact) mass is 286 g/mol. The SMILES string of the molecule is CC.CC.c1ccc(O[C@@H](c2ccccc2)[C@@H]2CO2)cc1. The molecule has 1 aliphatic heterocycles. The van der Waals surface area contributed by atoms with Crippen molar-refractivity contribution in [3.63, 3.8) is 0 Å². The van der Waals surface area contributed by atoms with Gasteiger partial charge in [0.15, 0.2) is 6.10 Å². The van der Waals surface area contributed by atoms with Crippen LogP contribution in [0.15, 0.2) is 60.7 Å². The van der Waals surface area contributed by atoms with Gasteiger partial charge in [0.1, 0.15) is 11.9 Å². The maximum atomic E-state index is 6.00. The molecule has 3 rings (SSSR count). The minimum absolute atomic E-state index is 0.00130. The van der Waals surface area contributed by atoms with Crippen LogP contribution in [0.2, 0.25) is 0 Å². The van der Waals surface area contributed by atoms with E-state index in [1.807, 2.05) is 76.2 Å². The highest BCUT2D eigenvalue weighted by molar-refractivity contribution is 5.25. The number of para-hydroxylation sites is 1. The first-order valence-electron chi connectivity index (χ1n) is 7.82. The van der Waals surface area contributed by atoms with Gasteiger partial charge in [-0.3, -0.25) is 0 Å². The summed E-state index contributed by atoms with van der Waals surface area (Å²) in [6, 6.07) is 20.1. The van der Waals surface area contributed by atoms with Crippen molar-refractivity contribution in [3.8, 4) is 5.75 Å². The zero-order valence-electron chi connectivity index (χ0n) is 13.5. The maximum Gasteiger partial charge on any atom is 0.152 e. The van der Waals surface area contributed by atoms with Crippen LogP contribution in [0.25, 0.3) is 0 Å². The predicted octanol–water partition coefficient (Wildman–Crippen LogP) is 5.26. The van der Waals surface area contributed by atoms with Gasteiger partial charge < -0.3 is 9.47 Å². The highest BCUT2D eigenvalue weighted by Gasteiger charge is 2.35. The van der Waals surface area contributed by atoms with Crippen molar-refractivity contribution in [2.45, 2.75) is 39.9 Å². The fourth-order valence-corrected chi connectivity index (χ4v) is 1.88. The number of rotatable bonds is 4. The molecular weight excluding hydrogens is 260 g/mol. The van der Waals surface area contributed by atoms with E-state index in [1.54, 1.807) is 0 Å². The average Bonchev–Trinajstić information content (AvgIpc) is 3.43. The van der Waals surface area contributed by atoms with Crippen LogP contribution in [0.4, 0.5) is 0 Å². The van der Waals surface area contributed by atoms with Crippen LogP contribution in [-0.4, -0.2) is 12.7 Å². The third-order valence-corrected chi connectivity index (χ3v) is 2.83. The van der Waals surface area contributed by atoms with Gasteiger partial charge in [-0.1, -0.05) is 76.2 Å². The summed E-state index contributed by atoms with van der Waals surface area (Å²) in [6.07, 6.45) is 0.191. The second-order valence-electron chi connectivity index (χ2n) is 4.13. The van der Waals surface area contributed by atoms with Gasteiger partial charge in [0.25, 0.3) is 0 Å². The molecule has 2 heteroatoms. The van der Waals surface area contributed by atoms with Gasteiger partial charge in [-0.2, -0.15) is 0 Å². The molecule has 0 radical (unpaired) electrons. The summed E-state index contributed by atoms with van der Waals surface area (Å²) in [6.45, 7) is 8.78. The van der Waals surface area contributed by atoms with Crippen LogP contribution in [0.5, 0.6) is 5.75 Å². The average molecular weight is 286 g/mol. The quantitative estimate of drug-likeness (QED) is 0.715. The molecule has 0 aromatic heterocycles. The van der Waals surface area contributed by atoms with Crippen LogP contribution >= 0.6 is 0 Å². The minimum Gasteiger partial charge on any atom is -0.483 e. The maximum absolute atomic E-state index is 6.00. The summed E-state index contributed by atoms with van der Waals surface area (Å²) >= 11 is 0. The standard InChI is InChI=1S/C15H14O2.2C2H6/c1-3-7-12(8-4-1)15(14-11-16-14)17-13-9-5-2-6-10-13;2*1-2/h1-10,14-15H,11H2;2*1-2H3/t14-,15-;;/m0../s1. The van der Waals surface area contributed by atoms with Crippen molar-refractivity contribution in [3.05, 3.63) is 66.2 Å². The lowest BCUT2D eigenvalue weighted by atomic mass is 10.1. The predicted molar refractivity (Wildman–Crippen MR) is 88.7 cm³/mol. The van der Waals surface area contributed by atoms with Gasteiger partial charge in [0, 0.05) is 0 Å². The highest BCUT2D eigenvalue weighted by atomic mass is 16.6.